The van der Waals surface area contributed by atoms with E-state index in [2.05, 4.69) is 18.9 Å². The Balaban J connectivity index is 1.87. The molecule has 1 heterocycles. The second kappa shape index (κ2) is 5.93. The summed E-state index contributed by atoms with van der Waals surface area (Å²) in [5.74, 6) is 0.584. The zero-order valence-electron chi connectivity index (χ0n) is 11.5. The molecule has 5 heteroatoms. The molecule has 1 unspecified atom stereocenters. The van der Waals surface area contributed by atoms with E-state index in [9.17, 15) is 4.79 Å². The van der Waals surface area contributed by atoms with Crippen molar-refractivity contribution in [1.82, 2.24) is 9.80 Å². The van der Waals surface area contributed by atoms with E-state index in [1.54, 1.807) is 12.1 Å². The highest BCUT2D eigenvalue weighted by Gasteiger charge is 2.24. The Morgan fingerprint density at radius 1 is 1.42 bits per heavy atom. The number of carbonyl (C=O) groups is 1. The van der Waals surface area contributed by atoms with Gasteiger partial charge in [-0.15, -0.1) is 0 Å². The van der Waals surface area contributed by atoms with Gasteiger partial charge < -0.3 is 20.3 Å². The summed E-state index contributed by atoms with van der Waals surface area (Å²) >= 11 is 0. The molecule has 0 spiro atoms. The van der Waals surface area contributed by atoms with Crippen LogP contribution in [0, 0.1) is 0 Å². The Bertz CT molecular complexity index is 450. The van der Waals surface area contributed by atoms with Crippen molar-refractivity contribution in [2.45, 2.75) is 13.0 Å². The van der Waals surface area contributed by atoms with E-state index >= 15 is 0 Å². The summed E-state index contributed by atoms with van der Waals surface area (Å²) in [6.07, 6.45) is 0. The molecule has 0 radical (unpaired) electrons. The third kappa shape index (κ3) is 3.38. The molecule has 1 atom stereocenters. The number of piperazine rings is 1. The van der Waals surface area contributed by atoms with E-state index < -0.39 is 0 Å². The fraction of sp³-hybridized carbons (Fsp3) is 0.500. The number of para-hydroxylation sites is 2. The zero-order chi connectivity index (χ0) is 13.8. The summed E-state index contributed by atoms with van der Waals surface area (Å²) in [5.41, 5.74) is 6.33. The van der Waals surface area contributed by atoms with Crippen LogP contribution < -0.4 is 10.5 Å². The van der Waals surface area contributed by atoms with Gasteiger partial charge in [0.1, 0.15) is 5.75 Å². The predicted molar refractivity (Wildman–Crippen MR) is 75.0 cm³/mol. The Hall–Kier alpha value is -1.75. The first-order chi connectivity index (χ1) is 9.08. The number of hydrogen-bond acceptors (Lipinski definition) is 4. The zero-order valence-corrected chi connectivity index (χ0v) is 11.5. The average Bonchev–Trinajstić information content (AvgIpc) is 2.40. The minimum atomic E-state index is 0.0169. The smallest absolute Gasteiger partial charge is 0.260 e. The molecule has 1 aliphatic rings. The van der Waals surface area contributed by atoms with Gasteiger partial charge in [-0.25, -0.2) is 0 Å². The summed E-state index contributed by atoms with van der Waals surface area (Å²) < 4.78 is 5.48. The number of benzene rings is 1. The lowest BCUT2D eigenvalue weighted by atomic mass is 10.2. The summed E-state index contributed by atoms with van der Waals surface area (Å²) in [6.45, 7) is 4.58. The van der Waals surface area contributed by atoms with Crippen molar-refractivity contribution in [2.75, 3.05) is 39.0 Å². The molecule has 0 aromatic heterocycles. The monoisotopic (exact) mass is 263 g/mol. The topological polar surface area (TPSA) is 58.8 Å². The third-order valence-electron chi connectivity index (χ3n) is 3.58. The Morgan fingerprint density at radius 2 is 2.16 bits per heavy atom. The van der Waals surface area contributed by atoms with Gasteiger partial charge in [-0.05, 0) is 26.1 Å². The number of rotatable bonds is 3. The second-order valence-electron chi connectivity index (χ2n) is 5.00. The quantitative estimate of drug-likeness (QED) is 0.820. The van der Waals surface area contributed by atoms with Gasteiger partial charge in [0.15, 0.2) is 6.61 Å². The fourth-order valence-corrected chi connectivity index (χ4v) is 2.12. The molecule has 0 bridgehead atoms. The predicted octanol–water partition coefficient (Wildman–Crippen LogP) is 0.810. The number of carbonyl (C=O) groups excluding carboxylic acids is 1. The van der Waals surface area contributed by atoms with Gasteiger partial charge in [0.25, 0.3) is 5.91 Å². The van der Waals surface area contributed by atoms with Crippen LogP contribution in [0.15, 0.2) is 24.3 Å². The van der Waals surface area contributed by atoms with E-state index in [-0.39, 0.29) is 12.5 Å². The Morgan fingerprint density at radius 3 is 2.84 bits per heavy atom. The highest BCUT2D eigenvalue weighted by atomic mass is 16.5. The molecule has 0 saturated carbocycles. The van der Waals surface area contributed by atoms with Crippen molar-refractivity contribution in [2.24, 2.45) is 0 Å². The lowest BCUT2D eigenvalue weighted by Crippen LogP contribution is -2.53. The van der Waals surface area contributed by atoms with Gasteiger partial charge in [0.05, 0.1) is 5.69 Å². The van der Waals surface area contributed by atoms with Crippen LogP contribution in [0.1, 0.15) is 6.92 Å². The number of nitrogens with zero attached hydrogens (tertiary/aromatic N) is 2. The Kier molecular flexibility index (Phi) is 4.27. The molecular formula is C14H21N3O2. The molecule has 2 rings (SSSR count). The van der Waals surface area contributed by atoms with E-state index in [1.807, 2.05) is 17.0 Å². The molecule has 1 aliphatic heterocycles. The van der Waals surface area contributed by atoms with Crippen LogP contribution in [-0.2, 0) is 4.79 Å². The van der Waals surface area contributed by atoms with Crippen LogP contribution in [-0.4, -0.2) is 55.0 Å². The Labute approximate surface area is 113 Å². The minimum absolute atomic E-state index is 0.0169. The third-order valence-corrected chi connectivity index (χ3v) is 3.58. The van der Waals surface area contributed by atoms with Gasteiger partial charge >= 0.3 is 0 Å². The first-order valence-corrected chi connectivity index (χ1v) is 6.53. The van der Waals surface area contributed by atoms with Gasteiger partial charge in [-0.1, -0.05) is 12.1 Å². The summed E-state index contributed by atoms with van der Waals surface area (Å²) in [7, 11) is 2.08. The number of nitrogens with two attached hydrogens (primary N) is 1. The van der Waals surface area contributed by atoms with Crippen LogP contribution in [0.4, 0.5) is 5.69 Å². The SMILES string of the molecule is CC1CN(C(=O)COc2ccccc2N)CCN1C. The molecular weight excluding hydrogens is 242 g/mol. The van der Waals surface area contributed by atoms with Crippen LogP contribution >= 0.6 is 0 Å². The van der Waals surface area contributed by atoms with Crippen LogP contribution in [0.25, 0.3) is 0 Å². The highest BCUT2D eigenvalue weighted by molar-refractivity contribution is 5.78. The molecule has 1 saturated heterocycles. The first-order valence-electron chi connectivity index (χ1n) is 6.53. The average molecular weight is 263 g/mol. The number of ether oxygens (including phenoxy) is 1. The maximum absolute atomic E-state index is 12.1. The molecule has 1 aromatic carbocycles. The standard InChI is InChI=1S/C14H21N3O2/c1-11-9-17(8-7-16(11)2)14(18)10-19-13-6-4-3-5-12(13)15/h3-6,11H,7-10,15H2,1-2H3. The fourth-order valence-electron chi connectivity index (χ4n) is 2.12. The van der Waals surface area contributed by atoms with E-state index in [1.165, 1.54) is 0 Å². The number of hydrogen-bond donors (Lipinski definition) is 1. The largest absolute Gasteiger partial charge is 0.482 e. The highest BCUT2D eigenvalue weighted by Crippen LogP contribution is 2.19. The molecule has 1 fully saturated rings. The number of likely N-dealkylation sites (N-methyl/N-ethyl adjacent to an activating group) is 1. The molecule has 5 nitrogen and oxygen atoms in total. The lowest BCUT2D eigenvalue weighted by Gasteiger charge is -2.37. The molecule has 19 heavy (non-hydrogen) atoms. The van der Waals surface area contributed by atoms with Crippen molar-refractivity contribution in [3.05, 3.63) is 24.3 Å². The summed E-state index contributed by atoms with van der Waals surface area (Å²) in [5, 5.41) is 0. The number of anilines is 1. The second-order valence-corrected chi connectivity index (χ2v) is 5.00. The normalized spacial score (nSPS) is 20.3. The van der Waals surface area contributed by atoms with E-state index in [0.29, 0.717) is 17.5 Å². The van der Waals surface area contributed by atoms with Crippen molar-refractivity contribution < 1.29 is 9.53 Å². The molecule has 104 valence electrons. The summed E-state index contributed by atoms with van der Waals surface area (Å²) in [4.78, 5) is 16.2. The summed E-state index contributed by atoms with van der Waals surface area (Å²) in [6, 6.07) is 7.60. The molecule has 1 aromatic rings. The lowest BCUT2D eigenvalue weighted by molar-refractivity contribution is -0.135. The van der Waals surface area contributed by atoms with E-state index in [0.717, 1.165) is 19.6 Å². The van der Waals surface area contributed by atoms with Gasteiger partial charge in [0, 0.05) is 25.7 Å². The van der Waals surface area contributed by atoms with Crippen molar-refractivity contribution in [3.63, 3.8) is 0 Å². The van der Waals surface area contributed by atoms with Crippen molar-refractivity contribution in [1.29, 1.82) is 0 Å². The number of amides is 1. The first kappa shape index (κ1) is 13.7. The minimum Gasteiger partial charge on any atom is -0.482 e. The van der Waals surface area contributed by atoms with Crippen LogP contribution in [0.5, 0.6) is 5.75 Å². The van der Waals surface area contributed by atoms with Crippen molar-refractivity contribution >= 4 is 11.6 Å². The van der Waals surface area contributed by atoms with Crippen molar-refractivity contribution in [3.8, 4) is 5.75 Å². The van der Waals surface area contributed by atoms with Gasteiger partial charge in [-0.2, -0.15) is 0 Å². The molecule has 0 aliphatic carbocycles. The van der Waals surface area contributed by atoms with Gasteiger partial charge in [0.2, 0.25) is 0 Å². The van der Waals surface area contributed by atoms with Gasteiger partial charge in [-0.3, -0.25) is 4.79 Å². The van der Waals surface area contributed by atoms with Crippen LogP contribution in [0.3, 0.4) is 0 Å². The molecule has 2 N–H and O–H groups in total. The maximum Gasteiger partial charge on any atom is 0.260 e. The molecule has 1 amide bonds. The van der Waals surface area contributed by atoms with Crippen LogP contribution in [0.2, 0.25) is 0 Å². The number of nitrogen functional groups attached to an aromatic ring is 1. The van der Waals surface area contributed by atoms with E-state index in [4.69, 9.17) is 10.5 Å². The maximum atomic E-state index is 12.1.